The first-order valence-electron chi connectivity index (χ1n) is 6.50. The van der Waals surface area contributed by atoms with Gasteiger partial charge in [-0.2, -0.15) is 0 Å². The number of aliphatic carboxylic acids is 1. The van der Waals surface area contributed by atoms with Crippen molar-refractivity contribution in [1.29, 1.82) is 0 Å². The Kier molecular flexibility index (Phi) is 4.34. The number of carboxylic acids is 1. The minimum atomic E-state index is -0.801. The number of imidazole rings is 1. The zero-order chi connectivity index (χ0) is 13.7. The average molecular weight is 258 g/mol. The molecule has 0 bridgehead atoms. The van der Waals surface area contributed by atoms with Crippen LogP contribution in [0.4, 0.5) is 0 Å². The highest BCUT2D eigenvalue weighted by molar-refractivity contribution is 5.68. The van der Waals surface area contributed by atoms with Crippen molar-refractivity contribution in [2.45, 2.75) is 32.2 Å². The van der Waals surface area contributed by atoms with Gasteiger partial charge in [0.2, 0.25) is 0 Å². The van der Waals surface area contributed by atoms with E-state index in [-0.39, 0.29) is 12.5 Å². The summed E-state index contributed by atoms with van der Waals surface area (Å²) in [5, 5.41) is 9.13. The monoisotopic (exact) mass is 258 g/mol. The maximum Gasteiger partial charge on any atom is 0.305 e. The van der Waals surface area contributed by atoms with Crippen molar-refractivity contribution in [2.24, 2.45) is 0 Å². The van der Waals surface area contributed by atoms with Crippen LogP contribution in [0, 0.1) is 0 Å². The number of hydrogen-bond acceptors (Lipinski definition) is 2. The third-order valence-electron chi connectivity index (χ3n) is 3.11. The van der Waals surface area contributed by atoms with Gasteiger partial charge in [-0.1, -0.05) is 37.3 Å². The second-order valence-electron chi connectivity index (χ2n) is 4.53. The standard InChI is InChI=1S/C15H18N2O2/c1-2-6-14-16-9-10-17(14)13(11-15(18)19)12-7-4-3-5-8-12/h3-5,7-10,13H,2,6,11H2,1H3,(H,18,19). The van der Waals surface area contributed by atoms with Crippen LogP contribution in [0.3, 0.4) is 0 Å². The Morgan fingerprint density at radius 1 is 1.37 bits per heavy atom. The van der Waals surface area contributed by atoms with Crippen LogP contribution in [0.2, 0.25) is 0 Å². The molecule has 0 radical (unpaired) electrons. The molecule has 0 amide bonds. The Morgan fingerprint density at radius 2 is 2.11 bits per heavy atom. The molecule has 0 saturated carbocycles. The highest BCUT2D eigenvalue weighted by atomic mass is 16.4. The van der Waals surface area contributed by atoms with E-state index in [1.807, 2.05) is 41.1 Å². The molecule has 1 atom stereocenters. The first-order valence-corrected chi connectivity index (χ1v) is 6.50. The zero-order valence-electron chi connectivity index (χ0n) is 11.0. The van der Waals surface area contributed by atoms with Gasteiger partial charge in [0.15, 0.2) is 0 Å². The number of benzene rings is 1. The largest absolute Gasteiger partial charge is 0.481 e. The Morgan fingerprint density at radius 3 is 2.74 bits per heavy atom. The first kappa shape index (κ1) is 13.3. The fourth-order valence-electron chi connectivity index (χ4n) is 2.26. The highest BCUT2D eigenvalue weighted by Crippen LogP contribution is 2.23. The summed E-state index contributed by atoms with van der Waals surface area (Å²) < 4.78 is 1.98. The predicted octanol–water partition coefficient (Wildman–Crippen LogP) is 2.90. The van der Waals surface area contributed by atoms with Gasteiger partial charge in [-0.25, -0.2) is 4.98 Å². The Labute approximate surface area is 112 Å². The fourth-order valence-corrected chi connectivity index (χ4v) is 2.26. The van der Waals surface area contributed by atoms with Crippen molar-refractivity contribution >= 4 is 5.97 Å². The van der Waals surface area contributed by atoms with Gasteiger partial charge in [-0.3, -0.25) is 4.79 Å². The van der Waals surface area contributed by atoms with E-state index in [0.717, 1.165) is 24.2 Å². The van der Waals surface area contributed by atoms with Gasteiger partial charge in [0, 0.05) is 18.8 Å². The molecular weight excluding hydrogens is 240 g/mol. The van der Waals surface area contributed by atoms with Gasteiger partial charge in [0.1, 0.15) is 5.82 Å². The number of aromatic nitrogens is 2. The van der Waals surface area contributed by atoms with Crippen LogP contribution in [0.25, 0.3) is 0 Å². The first-order chi connectivity index (χ1) is 9.22. The maximum atomic E-state index is 11.1. The van der Waals surface area contributed by atoms with E-state index in [1.165, 1.54) is 0 Å². The summed E-state index contributed by atoms with van der Waals surface area (Å²) in [7, 11) is 0. The second-order valence-corrected chi connectivity index (χ2v) is 4.53. The summed E-state index contributed by atoms with van der Waals surface area (Å²) in [6.07, 6.45) is 5.52. The lowest BCUT2D eigenvalue weighted by molar-refractivity contribution is -0.137. The van der Waals surface area contributed by atoms with Crippen molar-refractivity contribution in [3.63, 3.8) is 0 Å². The summed E-state index contributed by atoms with van der Waals surface area (Å²) in [5.74, 6) is 0.141. The highest BCUT2D eigenvalue weighted by Gasteiger charge is 2.19. The van der Waals surface area contributed by atoms with Crippen molar-refractivity contribution in [2.75, 3.05) is 0 Å². The summed E-state index contributed by atoms with van der Waals surface area (Å²) in [6, 6.07) is 9.53. The average Bonchev–Trinajstić information content (AvgIpc) is 2.85. The lowest BCUT2D eigenvalue weighted by Crippen LogP contribution is -2.17. The number of nitrogens with zero attached hydrogens (tertiary/aromatic N) is 2. The minimum Gasteiger partial charge on any atom is -0.481 e. The van der Waals surface area contributed by atoms with Crippen LogP contribution >= 0.6 is 0 Å². The molecule has 1 heterocycles. The Hall–Kier alpha value is -2.10. The third-order valence-corrected chi connectivity index (χ3v) is 3.11. The van der Waals surface area contributed by atoms with Crippen molar-refractivity contribution < 1.29 is 9.90 Å². The number of rotatable bonds is 6. The molecule has 1 aromatic carbocycles. The van der Waals surface area contributed by atoms with Crippen molar-refractivity contribution in [3.05, 3.63) is 54.1 Å². The lowest BCUT2D eigenvalue weighted by atomic mass is 10.0. The quantitative estimate of drug-likeness (QED) is 0.866. The van der Waals surface area contributed by atoms with Gasteiger partial charge in [-0.05, 0) is 12.0 Å². The second kappa shape index (κ2) is 6.18. The molecule has 1 unspecified atom stereocenters. The molecule has 4 nitrogen and oxygen atoms in total. The van der Waals surface area contributed by atoms with E-state index in [4.69, 9.17) is 5.11 Å². The molecular formula is C15H18N2O2. The van der Waals surface area contributed by atoms with Crippen molar-refractivity contribution in [3.8, 4) is 0 Å². The molecule has 0 spiro atoms. The van der Waals surface area contributed by atoms with E-state index < -0.39 is 5.97 Å². The molecule has 4 heteroatoms. The van der Waals surface area contributed by atoms with Crippen LogP contribution < -0.4 is 0 Å². The molecule has 0 aliphatic heterocycles. The van der Waals surface area contributed by atoms with E-state index in [1.54, 1.807) is 6.20 Å². The number of hydrogen-bond donors (Lipinski definition) is 1. The molecule has 1 aromatic heterocycles. The van der Waals surface area contributed by atoms with Crippen molar-refractivity contribution in [1.82, 2.24) is 9.55 Å². The van der Waals surface area contributed by atoms with E-state index in [2.05, 4.69) is 11.9 Å². The number of carbonyl (C=O) groups is 1. The van der Waals surface area contributed by atoms with Crippen LogP contribution in [-0.2, 0) is 11.2 Å². The van der Waals surface area contributed by atoms with Crippen LogP contribution in [0.1, 0.15) is 37.2 Å². The molecule has 0 saturated heterocycles. The van der Waals surface area contributed by atoms with Gasteiger partial charge >= 0.3 is 5.97 Å². The van der Waals surface area contributed by atoms with Gasteiger partial charge in [0.05, 0.1) is 12.5 Å². The molecule has 100 valence electrons. The fraction of sp³-hybridized carbons (Fsp3) is 0.333. The Bertz CT molecular complexity index is 534. The molecule has 1 N–H and O–H groups in total. The minimum absolute atomic E-state index is 0.0666. The molecule has 0 aliphatic carbocycles. The van der Waals surface area contributed by atoms with E-state index >= 15 is 0 Å². The Balaban J connectivity index is 2.37. The number of carboxylic acid groups (broad SMARTS) is 1. The molecule has 0 aliphatic rings. The smallest absolute Gasteiger partial charge is 0.305 e. The van der Waals surface area contributed by atoms with E-state index in [0.29, 0.717) is 0 Å². The van der Waals surface area contributed by atoms with Gasteiger partial charge < -0.3 is 9.67 Å². The number of aryl methyl sites for hydroxylation is 1. The lowest BCUT2D eigenvalue weighted by Gasteiger charge is -2.19. The topological polar surface area (TPSA) is 55.1 Å². The summed E-state index contributed by atoms with van der Waals surface area (Å²) in [4.78, 5) is 15.4. The van der Waals surface area contributed by atoms with Gasteiger partial charge in [-0.15, -0.1) is 0 Å². The molecule has 2 aromatic rings. The zero-order valence-corrected chi connectivity index (χ0v) is 11.0. The maximum absolute atomic E-state index is 11.1. The SMILES string of the molecule is CCCc1nccn1C(CC(=O)O)c1ccccc1. The van der Waals surface area contributed by atoms with Crippen LogP contribution in [0.5, 0.6) is 0 Å². The van der Waals surface area contributed by atoms with Crippen LogP contribution in [-0.4, -0.2) is 20.6 Å². The van der Waals surface area contributed by atoms with Crippen LogP contribution in [0.15, 0.2) is 42.7 Å². The third kappa shape index (κ3) is 3.22. The molecule has 2 rings (SSSR count). The molecule has 19 heavy (non-hydrogen) atoms. The summed E-state index contributed by atoms with van der Waals surface area (Å²) in [5.41, 5.74) is 1.00. The predicted molar refractivity (Wildman–Crippen MR) is 73.1 cm³/mol. The van der Waals surface area contributed by atoms with Gasteiger partial charge in [0.25, 0.3) is 0 Å². The summed E-state index contributed by atoms with van der Waals surface area (Å²) in [6.45, 7) is 2.09. The normalized spacial score (nSPS) is 12.3. The summed E-state index contributed by atoms with van der Waals surface area (Å²) >= 11 is 0. The van der Waals surface area contributed by atoms with E-state index in [9.17, 15) is 4.79 Å². The molecule has 0 fully saturated rings.